The largest absolute Gasteiger partial charge is 0.497 e. The Bertz CT molecular complexity index is 628. The van der Waals surface area contributed by atoms with Crippen molar-refractivity contribution >= 4 is 23.4 Å². The van der Waals surface area contributed by atoms with Crippen LogP contribution in [-0.4, -0.2) is 25.9 Å². The molecule has 2 aromatic carbocycles. The number of nitrogens with one attached hydrogen (secondary N) is 1. The van der Waals surface area contributed by atoms with E-state index in [-0.39, 0.29) is 5.91 Å². The molecule has 2 rings (SSSR count). The van der Waals surface area contributed by atoms with Crippen molar-refractivity contribution in [2.24, 2.45) is 0 Å². The summed E-state index contributed by atoms with van der Waals surface area (Å²) >= 11 is 1.65. The predicted molar refractivity (Wildman–Crippen MR) is 94.1 cm³/mol. The minimum atomic E-state index is 0.0144. The Morgan fingerprint density at radius 1 is 1.13 bits per heavy atom. The van der Waals surface area contributed by atoms with Gasteiger partial charge in [-0.2, -0.15) is 0 Å². The summed E-state index contributed by atoms with van der Waals surface area (Å²) in [5.74, 6) is 1.58. The summed E-state index contributed by atoms with van der Waals surface area (Å²) in [6.07, 6.45) is 0.463. The van der Waals surface area contributed by atoms with E-state index in [0.717, 1.165) is 27.6 Å². The minimum absolute atomic E-state index is 0.0144. The summed E-state index contributed by atoms with van der Waals surface area (Å²) in [5, 5.41) is 2.92. The summed E-state index contributed by atoms with van der Waals surface area (Å²) in [4.78, 5) is 13.1. The first-order chi connectivity index (χ1) is 11.2. The summed E-state index contributed by atoms with van der Waals surface area (Å²) < 4.78 is 10.2. The summed E-state index contributed by atoms with van der Waals surface area (Å²) in [6, 6.07) is 15.5. The van der Waals surface area contributed by atoms with Gasteiger partial charge in [-0.25, -0.2) is 0 Å². The molecule has 122 valence electrons. The molecule has 0 heterocycles. The number of hydrogen-bond acceptors (Lipinski definition) is 4. The predicted octanol–water partition coefficient (Wildman–Crippen LogP) is 3.96. The molecular formula is C18H21NO3S. The number of ether oxygens (including phenoxy) is 2. The zero-order valence-corrected chi connectivity index (χ0v) is 14.2. The lowest BCUT2D eigenvalue weighted by Crippen LogP contribution is -2.12. The third-order valence-corrected chi connectivity index (χ3v) is 4.19. The van der Waals surface area contributed by atoms with Gasteiger partial charge in [0.05, 0.1) is 13.7 Å². The minimum Gasteiger partial charge on any atom is -0.497 e. The van der Waals surface area contributed by atoms with Gasteiger partial charge < -0.3 is 14.8 Å². The van der Waals surface area contributed by atoms with Crippen LogP contribution in [0.3, 0.4) is 0 Å². The molecule has 1 N–H and O–H groups in total. The Hall–Kier alpha value is -1.98. The molecule has 0 radical (unpaired) electrons. The second kappa shape index (κ2) is 9.22. The van der Waals surface area contributed by atoms with Gasteiger partial charge in [0, 0.05) is 29.9 Å². The van der Waals surface area contributed by atoms with Crippen LogP contribution < -0.4 is 10.1 Å². The first-order valence-electron chi connectivity index (χ1n) is 7.36. The highest BCUT2D eigenvalue weighted by Gasteiger charge is 2.04. The van der Waals surface area contributed by atoms with E-state index in [2.05, 4.69) is 5.32 Å². The number of rotatable bonds is 8. The quantitative estimate of drug-likeness (QED) is 0.744. The average Bonchev–Trinajstić information content (AvgIpc) is 2.56. The smallest absolute Gasteiger partial charge is 0.225 e. The lowest BCUT2D eigenvalue weighted by Gasteiger charge is -2.07. The van der Waals surface area contributed by atoms with Crippen LogP contribution in [-0.2, 0) is 16.1 Å². The van der Waals surface area contributed by atoms with Crippen LogP contribution >= 0.6 is 11.8 Å². The molecule has 0 unspecified atom stereocenters. The first kappa shape index (κ1) is 17.4. The number of carbonyl (C=O) groups is 1. The number of methoxy groups -OCH3 is 2. The number of thioether (sulfide) groups is 1. The van der Waals surface area contributed by atoms with Gasteiger partial charge in [0.2, 0.25) is 5.91 Å². The third kappa shape index (κ3) is 5.96. The molecule has 0 aliphatic heterocycles. The topological polar surface area (TPSA) is 47.6 Å². The Kier molecular flexibility index (Phi) is 6.97. The van der Waals surface area contributed by atoms with E-state index in [1.807, 2.05) is 48.5 Å². The van der Waals surface area contributed by atoms with Gasteiger partial charge in [0.1, 0.15) is 5.75 Å². The van der Waals surface area contributed by atoms with Crippen LogP contribution in [0.15, 0.2) is 53.4 Å². The summed E-state index contributed by atoms with van der Waals surface area (Å²) in [5.41, 5.74) is 1.84. The van der Waals surface area contributed by atoms with Crippen LogP contribution in [0, 0.1) is 0 Å². The van der Waals surface area contributed by atoms with Crippen molar-refractivity contribution in [3.8, 4) is 5.75 Å². The van der Waals surface area contributed by atoms with Gasteiger partial charge in [-0.15, -0.1) is 11.8 Å². The maximum absolute atomic E-state index is 12.0. The van der Waals surface area contributed by atoms with E-state index < -0.39 is 0 Å². The Morgan fingerprint density at radius 3 is 2.61 bits per heavy atom. The van der Waals surface area contributed by atoms with Crippen molar-refractivity contribution in [2.75, 3.05) is 25.3 Å². The number of carbonyl (C=O) groups excluding carboxylic acids is 1. The van der Waals surface area contributed by atoms with Gasteiger partial charge in [0.15, 0.2) is 0 Å². The van der Waals surface area contributed by atoms with E-state index in [0.29, 0.717) is 13.0 Å². The highest BCUT2D eigenvalue weighted by molar-refractivity contribution is 7.99. The Labute approximate surface area is 141 Å². The molecule has 1 amide bonds. The molecule has 0 aliphatic carbocycles. The standard InChI is InChI=1S/C18H21NO3S/c1-21-13-14-4-3-5-15(12-14)19-18(20)10-11-23-17-8-6-16(22-2)7-9-17/h3-9,12H,10-11,13H2,1-2H3,(H,19,20). The highest BCUT2D eigenvalue weighted by atomic mass is 32.2. The van der Waals surface area contributed by atoms with Crippen LogP contribution in [0.2, 0.25) is 0 Å². The van der Waals surface area contributed by atoms with E-state index in [9.17, 15) is 4.79 Å². The summed E-state index contributed by atoms with van der Waals surface area (Å²) in [7, 11) is 3.30. The highest BCUT2D eigenvalue weighted by Crippen LogP contribution is 2.22. The normalized spacial score (nSPS) is 10.3. The molecule has 0 aliphatic rings. The van der Waals surface area contributed by atoms with E-state index in [1.165, 1.54) is 0 Å². The first-order valence-corrected chi connectivity index (χ1v) is 8.34. The maximum Gasteiger partial charge on any atom is 0.225 e. The van der Waals surface area contributed by atoms with Gasteiger partial charge >= 0.3 is 0 Å². The SMILES string of the molecule is COCc1cccc(NC(=O)CCSc2ccc(OC)cc2)c1. The molecule has 2 aromatic rings. The zero-order chi connectivity index (χ0) is 16.5. The fourth-order valence-corrected chi connectivity index (χ4v) is 2.91. The Morgan fingerprint density at radius 2 is 1.91 bits per heavy atom. The lowest BCUT2D eigenvalue weighted by atomic mass is 10.2. The van der Waals surface area contributed by atoms with Crippen molar-refractivity contribution in [1.29, 1.82) is 0 Å². The van der Waals surface area contributed by atoms with Crippen LogP contribution in [0.1, 0.15) is 12.0 Å². The molecular weight excluding hydrogens is 310 g/mol. The molecule has 0 saturated heterocycles. The number of anilines is 1. The zero-order valence-electron chi connectivity index (χ0n) is 13.4. The molecule has 23 heavy (non-hydrogen) atoms. The molecule has 5 heteroatoms. The summed E-state index contributed by atoms with van der Waals surface area (Å²) in [6.45, 7) is 0.539. The van der Waals surface area contributed by atoms with Crippen molar-refractivity contribution in [2.45, 2.75) is 17.9 Å². The molecule has 0 spiro atoms. The second-order valence-corrected chi connectivity index (χ2v) is 6.12. The number of benzene rings is 2. The van der Waals surface area contributed by atoms with Crippen molar-refractivity contribution < 1.29 is 14.3 Å². The molecule has 0 saturated carbocycles. The molecule has 0 bridgehead atoms. The lowest BCUT2D eigenvalue weighted by molar-refractivity contribution is -0.115. The molecule has 4 nitrogen and oxygen atoms in total. The van der Waals surface area contributed by atoms with Crippen LogP contribution in [0.5, 0.6) is 5.75 Å². The average molecular weight is 331 g/mol. The van der Waals surface area contributed by atoms with Gasteiger partial charge in [-0.3, -0.25) is 4.79 Å². The number of amides is 1. The third-order valence-electron chi connectivity index (χ3n) is 3.18. The van der Waals surface area contributed by atoms with Crippen LogP contribution in [0.4, 0.5) is 5.69 Å². The molecule has 0 fully saturated rings. The monoisotopic (exact) mass is 331 g/mol. The van der Waals surface area contributed by atoms with E-state index in [4.69, 9.17) is 9.47 Å². The second-order valence-electron chi connectivity index (χ2n) is 4.96. The Balaban J connectivity index is 1.77. The van der Waals surface area contributed by atoms with Crippen molar-refractivity contribution in [1.82, 2.24) is 0 Å². The van der Waals surface area contributed by atoms with Gasteiger partial charge in [-0.1, -0.05) is 12.1 Å². The fraction of sp³-hybridized carbons (Fsp3) is 0.278. The van der Waals surface area contributed by atoms with Crippen molar-refractivity contribution in [3.05, 3.63) is 54.1 Å². The van der Waals surface area contributed by atoms with Crippen molar-refractivity contribution in [3.63, 3.8) is 0 Å². The fourth-order valence-electron chi connectivity index (χ4n) is 2.06. The van der Waals surface area contributed by atoms with Gasteiger partial charge in [-0.05, 0) is 42.0 Å². The van der Waals surface area contributed by atoms with Crippen LogP contribution in [0.25, 0.3) is 0 Å². The molecule has 0 atom stereocenters. The van der Waals surface area contributed by atoms with E-state index in [1.54, 1.807) is 26.0 Å². The maximum atomic E-state index is 12.0. The number of hydrogen-bond donors (Lipinski definition) is 1. The molecule has 0 aromatic heterocycles. The van der Waals surface area contributed by atoms with Gasteiger partial charge in [0.25, 0.3) is 0 Å². The van der Waals surface area contributed by atoms with E-state index >= 15 is 0 Å².